The molecule has 1 aromatic rings. The molecular weight excluding hydrogens is 268 g/mol. The first-order chi connectivity index (χ1) is 8.75. The van der Waals surface area contributed by atoms with Crippen molar-refractivity contribution in [2.45, 2.75) is 47.5 Å². The number of nitrogens with zero attached hydrogens (tertiary/aromatic N) is 1. The van der Waals surface area contributed by atoms with Gasteiger partial charge >= 0.3 is 0 Å². The van der Waals surface area contributed by atoms with Crippen LogP contribution in [0.5, 0.6) is 0 Å². The fraction of sp³-hybridized carbons (Fsp3) is 0.688. The van der Waals surface area contributed by atoms with Gasteiger partial charge in [-0.3, -0.25) is 4.79 Å². The smallest absolute Gasteiger partial charge is 0.261 e. The topological polar surface area (TPSA) is 32.3 Å². The molecule has 0 radical (unpaired) electrons. The van der Waals surface area contributed by atoms with Crippen molar-refractivity contribution in [3.63, 3.8) is 0 Å². The second-order valence-corrected chi connectivity index (χ2v) is 6.21. The molecule has 0 atom stereocenters. The lowest BCUT2D eigenvalue weighted by Gasteiger charge is -2.26. The van der Waals surface area contributed by atoms with Gasteiger partial charge in [-0.1, -0.05) is 21.3 Å². The quantitative estimate of drug-likeness (QED) is 0.827. The molecule has 4 heteroatoms. The largest absolute Gasteiger partial charge is 0.351 e. The van der Waals surface area contributed by atoms with Gasteiger partial charge < -0.3 is 10.2 Å². The van der Waals surface area contributed by atoms with E-state index < -0.39 is 0 Å². The highest BCUT2D eigenvalue weighted by Gasteiger charge is 2.10. The van der Waals surface area contributed by atoms with Gasteiger partial charge in [0.15, 0.2) is 0 Å². The van der Waals surface area contributed by atoms with E-state index in [9.17, 15) is 4.79 Å². The third-order valence-corrected chi connectivity index (χ3v) is 4.35. The van der Waals surface area contributed by atoms with Crippen LogP contribution in [0.2, 0.25) is 0 Å². The van der Waals surface area contributed by atoms with E-state index in [1.54, 1.807) is 11.3 Å². The fourth-order valence-electron chi connectivity index (χ4n) is 2.33. The van der Waals surface area contributed by atoms with E-state index in [0.29, 0.717) is 0 Å². The van der Waals surface area contributed by atoms with E-state index in [1.165, 1.54) is 37.2 Å². The molecule has 0 bridgehead atoms. The highest BCUT2D eigenvalue weighted by Crippen LogP contribution is 2.14. The summed E-state index contributed by atoms with van der Waals surface area (Å²) in [6.07, 6.45) is 5.10. The van der Waals surface area contributed by atoms with Crippen molar-refractivity contribution >= 4 is 17.2 Å². The Kier molecular flexibility index (Phi) is 9.51. The molecule has 1 aromatic heterocycles. The number of rotatable bonds is 5. The summed E-state index contributed by atoms with van der Waals surface area (Å²) in [6, 6.07) is 3.90. The molecule has 0 aliphatic carbocycles. The number of carbonyl (C=O) groups is 1. The second kappa shape index (κ2) is 9.94. The van der Waals surface area contributed by atoms with E-state index >= 15 is 0 Å². The molecule has 1 N–H and O–H groups in total. The Labute approximate surface area is 129 Å². The van der Waals surface area contributed by atoms with Gasteiger partial charge in [0.1, 0.15) is 0 Å². The number of likely N-dealkylation sites (tertiary alicyclic amines) is 1. The molecular formula is C16H32N2OS. The Morgan fingerprint density at radius 1 is 1.30 bits per heavy atom. The van der Waals surface area contributed by atoms with Crippen LogP contribution in [0.4, 0.5) is 0 Å². The lowest BCUT2D eigenvalue weighted by atomic mass is 10.1. The van der Waals surface area contributed by atoms with Gasteiger partial charge in [0.05, 0.1) is 4.88 Å². The summed E-state index contributed by atoms with van der Waals surface area (Å²) in [5.74, 6) is 0.0757. The van der Waals surface area contributed by atoms with E-state index in [1.807, 2.05) is 19.1 Å². The minimum atomic E-state index is 0. The molecule has 1 amide bonds. The van der Waals surface area contributed by atoms with Crippen molar-refractivity contribution in [2.24, 2.45) is 0 Å². The zero-order chi connectivity index (χ0) is 12.8. The summed E-state index contributed by atoms with van der Waals surface area (Å²) in [5, 5.41) is 3.00. The Bertz CT molecular complexity index is 389. The van der Waals surface area contributed by atoms with Crippen LogP contribution >= 0.6 is 11.3 Å². The first-order valence-electron chi connectivity index (χ1n) is 6.83. The summed E-state index contributed by atoms with van der Waals surface area (Å²) >= 11 is 1.56. The lowest BCUT2D eigenvalue weighted by Crippen LogP contribution is -2.33. The van der Waals surface area contributed by atoms with Crippen molar-refractivity contribution in [1.82, 2.24) is 10.2 Å². The number of amides is 1. The van der Waals surface area contributed by atoms with E-state index in [4.69, 9.17) is 0 Å². The average Bonchev–Trinajstić information content (AvgIpc) is 2.82. The van der Waals surface area contributed by atoms with Crippen molar-refractivity contribution in [2.75, 3.05) is 26.2 Å². The number of carbonyl (C=O) groups excluding carboxylic acids is 1. The normalized spacial score (nSPS) is 15.1. The average molecular weight is 301 g/mol. The molecule has 2 rings (SSSR count). The third-order valence-electron chi connectivity index (χ3n) is 3.35. The molecule has 0 unspecified atom stereocenters. The predicted octanol–water partition coefficient (Wildman–Crippen LogP) is 4.18. The van der Waals surface area contributed by atoms with Gasteiger partial charge in [-0.05, 0) is 58.0 Å². The predicted molar refractivity (Wildman–Crippen MR) is 91.9 cm³/mol. The van der Waals surface area contributed by atoms with Gasteiger partial charge in [0.25, 0.3) is 5.91 Å². The highest BCUT2D eigenvalue weighted by atomic mass is 32.1. The Morgan fingerprint density at radius 3 is 2.60 bits per heavy atom. The van der Waals surface area contributed by atoms with Crippen LogP contribution in [0.25, 0.3) is 0 Å². The summed E-state index contributed by atoms with van der Waals surface area (Å²) < 4.78 is 0. The molecule has 1 aliphatic rings. The first kappa shape index (κ1) is 19.1. The molecule has 118 valence electrons. The van der Waals surface area contributed by atoms with Crippen LogP contribution in [0.1, 0.15) is 56.5 Å². The molecule has 1 aliphatic heterocycles. The maximum Gasteiger partial charge on any atom is 0.261 e. The summed E-state index contributed by atoms with van der Waals surface area (Å²) in [7, 11) is 0. The fourth-order valence-corrected chi connectivity index (χ4v) is 3.12. The summed E-state index contributed by atoms with van der Waals surface area (Å²) in [4.78, 5) is 16.3. The van der Waals surface area contributed by atoms with Crippen molar-refractivity contribution in [3.8, 4) is 0 Å². The van der Waals surface area contributed by atoms with Crippen molar-refractivity contribution in [3.05, 3.63) is 21.9 Å². The van der Waals surface area contributed by atoms with Crippen LogP contribution in [-0.2, 0) is 0 Å². The minimum Gasteiger partial charge on any atom is -0.351 e. The number of hydrogen-bond acceptors (Lipinski definition) is 3. The molecule has 0 saturated carbocycles. The monoisotopic (exact) mass is 300 g/mol. The molecule has 1 saturated heterocycles. The number of nitrogens with one attached hydrogen (secondary N) is 1. The van der Waals surface area contributed by atoms with E-state index in [2.05, 4.69) is 10.2 Å². The van der Waals surface area contributed by atoms with Gasteiger partial charge in [0.2, 0.25) is 0 Å². The van der Waals surface area contributed by atoms with Gasteiger partial charge in [-0.15, -0.1) is 11.3 Å². The zero-order valence-electron chi connectivity index (χ0n) is 11.1. The van der Waals surface area contributed by atoms with Crippen molar-refractivity contribution in [1.29, 1.82) is 0 Å². The van der Waals surface area contributed by atoms with Crippen LogP contribution in [0.3, 0.4) is 0 Å². The molecule has 20 heavy (non-hydrogen) atoms. The van der Waals surface area contributed by atoms with Crippen LogP contribution in [-0.4, -0.2) is 37.0 Å². The third kappa shape index (κ3) is 6.06. The maximum atomic E-state index is 11.8. The highest BCUT2D eigenvalue weighted by molar-refractivity contribution is 7.13. The Hall–Kier alpha value is -0.870. The van der Waals surface area contributed by atoms with Gasteiger partial charge in [0, 0.05) is 12.8 Å². The number of hydrogen-bond donors (Lipinski definition) is 1. The molecule has 1 fully saturated rings. The second-order valence-electron chi connectivity index (χ2n) is 4.92. The zero-order valence-corrected chi connectivity index (χ0v) is 11.9. The molecule has 0 spiro atoms. The minimum absolute atomic E-state index is 0. The SMILES string of the molecule is C.C.Cc1ccc(C(=O)NCCCN2CCCCC2)s1.[HH]. The van der Waals surface area contributed by atoms with Gasteiger partial charge in [-0.25, -0.2) is 0 Å². The summed E-state index contributed by atoms with van der Waals surface area (Å²) in [5.41, 5.74) is 0. The standard InChI is InChI=1S/C14H22N2OS.2CH4.H2/c1-12-6-7-13(18-12)14(17)15-8-5-11-16-9-3-2-4-10-16;;;/h6-7H,2-5,8-11H2,1H3,(H,15,17);2*1H4;1H. The lowest BCUT2D eigenvalue weighted by molar-refractivity contribution is 0.0955. The number of piperidine rings is 1. The van der Waals surface area contributed by atoms with Crippen molar-refractivity contribution < 1.29 is 6.22 Å². The molecule has 3 nitrogen and oxygen atoms in total. The Balaban J connectivity index is 0. The van der Waals surface area contributed by atoms with Crippen LogP contribution in [0.15, 0.2) is 12.1 Å². The number of aryl methyl sites for hydroxylation is 1. The molecule has 2 heterocycles. The van der Waals surface area contributed by atoms with Crippen LogP contribution < -0.4 is 5.32 Å². The van der Waals surface area contributed by atoms with E-state index in [0.717, 1.165) is 24.4 Å². The van der Waals surface area contributed by atoms with Gasteiger partial charge in [-0.2, -0.15) is 0 Å². The van der Waals surface area contributed by atoms with Crippen LogP contribution in [0, 0.1) is 6.92 Å². The van der Waals surface area contributed by atoms with E-state index in [-0.39, 0.29) is 22.2 Å². The number of thiophene rings is 1. The Morgan fingerprint density at radius 2 is 2.00 bits per heavy atom. The molecule has 0 aromatic carbocycles. The summed E-state index contributed by atoms with van der Waals surface area (Å²) in [6.45, 7) is 6.39. The first-order valence-corrected chi connectivity index (χ1v) is 7.64. The maximum absolute atomic E-state index is 11.8.